The summed E-state index contributed by atoms with van der Waals surface area (Å²) in [6.07, 6.45) is 0.967. The van der Waals surface area contributed by atoms with Crippen LogP contribution in [-0.2, 0) is 21.6 Å². The molecule has 3 rings (SSSR count). The lowest BCUT2D eigenvalue weighted by Crippen LogP contribution is -2.90. The van der Waals surface area contributed by atoms with Gasteiger partial charge in [0.15, 0.2) is 0 Å². The van der Waals surface area contributed by atoms with Crippen LogP contribution in [-0.4, -0.2) is 28.9 Å². The highest BCUT2D eigenvalue weighted by Gasteiger charge is 2.90. The number of carbonyl (C=O) groups excluding carboxylic acids is 1. The molecule has 2 bridgehead atoms. The van der Waals surface area contributed by atoms with Gasteiger partial charge in [0, 0.05) is 6.08 Å². The Morgan fingerprint density at radius 3 is 2.45 bits per heavy atom. The predicted molar refractivity (Wildman–Crippen MR) is 33.3 cm³/mol. The van der Waals surface area contributed by atoms with Crippen molar-refractivity contribution in [2.45, 2.75) is 0 Å². The summed E-state index contributed by atoms with van der Waals surface area (Å²) < 4.78 is 18.6. The van der Waals surface area contributed by atoms with E-state index in [0.29, 0.717) is 0 Å². The van der Waals surface area contributed by atoms with Gasteiger partial charge in [0.1, 0.15) is 0 Å². The standard InChI is InChI=1S/C3H4O6Si2/c1-2-3(4)6-11-7-10(5,8-11)9-11/h2,5H,1H2. The van der Waals surface area contributed by atoms with Gasteiger partial charge in [-0.2, -0.15) is 0 Å². The average molecular weight is 192 g/mol. The first kappa shape index (κ1) is 7.15. The quantitative estimate of drug-likeness (QED) is 0.431. The van der Waals surface area contributed by atoms with Crippen LogP contribution < -0.4 is 0 Å². The van der Waals surface area contributed by atoms with Gasteiger partial charge >= 0.3 is 24.1 Å². The van der Waals surface area contributed by atoms with E-state index in [9.17, 15) is 4.79 Å². The molecule has 6 nitrogen and oxygen atoms in total. The molecule has 0 aromatic rings. The molecule has 0 atom stereocenters. The summed E-state index contributed by atoms with van der Waals surface area (Å²) in [5, 5.41) is 0. The van der Waals surface area contributed by atoms with E-state index in [2.05, 4.69) is 23.4 Å². The van der Waals surface area contributed by atoms with Gasteiger partial charge in [0.05, 0.1) is 0 Å². The van der Waals surface area contributed by atoms with Crippen LogP contribution in [0.2, 0.25) is 0 Å². The molecule has 60 valence electrons. The molecule has 0 unspecified atom stereocenters. The van der Waals surface area contributed by atoms with E-state index in [1.54, 1.807) is 0 Å². The first-order valence-corrected chi connectivity index (χ1v) is 6.06. The molecule has 3 fully saturated rings. The summed E-state index contributed by atoms with van der Waals surface area (Å²) in [5.41, 5.74) is 0. The largest absolute Gasteiger partial charge is 0.734 e. The van der Waals surface area contributed by atoms with Gasteiger partial charge in [-0.1, -0.05) is 6.58 Å². The van der Waals surface area contributed by atoms with Crippen molar-refractivity contribution in [3.8, 4) is 0 Å². The zero-order valence-electron chi connectivity index (χ0n) is 5.27. The van der Waals surface area contributed by atoms with Crippen molar-refractivity contribution in [3.05, 3.63) is 12.7 Å². The van der Waals surface area contributed by atoms with Crippen LogP contribution in [0, 0.1) is 0 Å². The summed E-state index contributed by atoms with van der Waals surface area (Å²) in [5.74, 6) is -0.674. The molecule has 0 aliphatic carbocycles. The molecule has 0 spiro atoms. The van der Waals surface area contributed by atoms with E-state index in [0.717, 1.165) is 6.08 Å². The highest BCUT2D eigenvalue weighted by atomic mass is 28.6. The average Bonchev–Trinajstić information content (AvgIpc) is 1.82. The molecule has 3 aliphatic rings. The van der Waals surface area contributed by atoms with Crippen LogP contribution in [0.4, 0.5) is 0 Å². The third-order valence-electron chi connectivity index (χ3n) is 1.15. The second-order valence-electron chi connectivity index (χ2n) is 1.96. The van der Waals surface area contributed by atoms with E-state index < -0.39 is 24.1 Å². The summed E-state index contributed by atoms with van der Waals surface area (Å²) in [4.78, 5) is 19.4. The smallest absolute Gasteiger partial charge is 0.450 e. The molecule has 3 heterocycles. The van der Waals surface area contributed by atoms with Crippen molar-refractivity contribution < 1.29 is 26.4 Å². The number of rotatable bonds is 2. The monoisotopic (exact) mass is 192 g/mol. The van der Waals surface area contributed by atoms with Crippen molar-refractivity contribution in [2.24, 2.45) is 0 Å². The Morgan fingerprint density at radius 1 is 1.55 bits per heavy atom. The Labute approximate surface area is 63.9 Å². The van der Waals surface area contributed by atoms with Crippen molar-refractivity contribution in [2.75, 3.05) is 0 Å². The topological polar surface area (TPSA) is 74.2 Å². The van der Waals surface area contributed by atoms with Crippen LogP contribution in [0.5, 0.6) is 0 Å². The molecular weight excluding hydrogens is 188 g/mol. The molecule has 1 N–H and O–H groups in total. The van der Waals surface area contributed by atoms with Crippen molar-refractivity contribution >= 4 is 24.1 Å². The summed E-state index contributed by atoms with van der Waals surface area (Å²) in [6, 6.07) is 0. The van der Waals surface area contributed by atoms with Crippen LogP contribution >= 0.6 is 0 Å². The second kappa shape index (κ2) is 1.80. The van der Waals surface area contributed by atoms with E-state index >= 15 is 0 Å². The first-order valence-electron chi connectivity index (χ1n) is 2.76. The Balaban J connectivity index is 1.91. The fraction of sp³-hybridized carbons (Fsp3) is 0. The molecule has 8 heteroatoms. The fourth-order valence-corrected chi connectivity index (χ4v) is 5.53. The van der Waals surface area contributed by atoms with Gasteiger partial charge in [-0.05, 0) is 0 Å². The summed E-state index contributed by atoms with van der Waals surface area (Å²) in [7, 11) is -6.33. The van der Waals surface area contributed by atoms with Crippen LogP contribution in [0.15, 0.2) is 12.7 Å². The molecule has 0 amide bonds. The maximum absolute atomic E-state index is 10.5. The zero-order chi connectivity index (χ0) is 8.11. The maximum atomic E-state index is 10.5. The molecule has 3 saturated heterocycles. The Kier molecular flexibility index (Phi) is 1.17. The minimum Gasteiger partial charge on any atom is -0.450 e. The molecule has 0 radical (unpaired) electrons. The van der Waals surface area contributed by atoms with Gasteiger partial charge in [-0.3, -0.25) is 0 Å². The zero-order valence-corrected chi connectivity index (χ0v) is 7.27. The maximum Gasteiger partial charge on any atom is 0.734 e. The van der Waals surface area contributed by atoms with Gasteiger partial charge < -0.3 is 21.6 Å². The molecule has 0 saturated carbocycles. The van der Waals surface area contributed by atoms with Crippen LogP contribution in [0.3, 0.4) is 0 Å². The van der Waals surface area contributed by atoms with Gasteiger partial charge in [-0.15, -0.1) is 0 Å². The highest BCUT2D eigenvalue weighted by Crippen LogP contribution is 2.45. The van der Waals surface area contributed by atoms with Crippen molar-refractivity contribution in [1.29, 1.82) is 0 Å². The third kappa shape index (κ3) is 0.886. The Hall–Kier alpha value is -0.516. The minimum atomic E-state index is -3.21. The normalized spacial score (nSPS) is 45.2. The van der Waals surface area contributed by atoms with Crippen LogP contribution in [0.1, 0.15) is 0 Å². The molecule has 0 aromatic heterocycles. The van der Waals surface area contributed by atoms with E-state index in [4.69, 9.17) is 4.80 Å². The van der Waals surface area contributed by atoms with E-state index in [-0.39, 0.29) is 0 Å². The predicted octanol–water partition coefficient (Wildman–Crippen LogP) is -1.34. The SMILES string of the molecule is C=CC(=O)O[Si]12O[Si](O)(O1)O2. The minimum absolute atomic E-state index is 0.674. The fourth-order valence-electron chi connectivity index (χ4n) is 0.724. The van der Waals surface area contributed by atoms with Gasteiger partial charge in [0.2, 0.25) is 0 Å². The Morgan fingerprint density at radius 2 is 2.09 bits per heavy atom. The van der Waals surface area contributed by atoms with Crippen LogP contribution in [0.25, 0.3) is 0 Å². The number of hydrogen-bond acceptors (Lipinski definition) is 6. The molecule has 0 aromatic carbocycles. The van der Waals surface area contributed by atoms with Gasteiger partial charge in [0.25, 0.3) is 0 Å². The number of hydrogen-bond donors (Lipinski definition) is 1. The lowest BCUT2D eigenvalue weighted by atomic mass is 10.7. The third-order valence-corrected chi connectivity index (χ3v) is 7.70. The van der Waals surface area contributed by atoms with Gasteiger partial charge in [-0.25, -0.2) is 4.79 Å². The molecular formula is C3H4O6Si2. The summed E-state index contributed by atoms with van der Waals surface area (Å²) >= 11 is 0. The van der Waals surface area contributed by atoms with E-state index in [1.807, 2.05) is 0 Å². The summed E-state index contributed by atoms with van der Waals surface area (Å²) in [6.45, 7) is 3.17. The second-order valence-corrected chi connectivity index (χ2v) is 6.66. The number of carbonyl (C=O) groups is 1. The lowest BCUT2D eigenvalue weighted by molar-refractivity contribution is -0.171. The van der Waals surface area contributed by atoms with E-state index in [1.165, 1.54) is 0 Å². The lowest BCUT2D eigenvalue weighted by Gasteiger charge is -2.54. The van der Waals surface area contributed by atoms with Crippen molar-refractivity contribution in [3.63, 3.8) is 0 Å². The Bertz CT molecular complexity index is 218. The van der Waals surface area contributed by atoms with Crippen molar-refractivity contribution in [1.82, 2.24) is 0 Å². The first-order chi connectivity index (χ1) is 5.08. The molecule has 11 heavy (non-hydrogen) atoms. The highest BCUT2D eigenvalue weighted by molar-refractivity contribution is 6.96. The molecule has 3 aliphatic heterocycles.